The lowest BCUT2D eigenvalue weighted by Crippen LogP contribution is -1.84. The van der Waals surface area contributed by atoms with Crippen molar-refractivity contribution in [2.45, 2.75) is 6.92 Å². The first-order valence-electron chi connectivity index (χ1n) is 6.55. The SMILES string of the molecule is Cc1[nH]c2ccccc2c1-c1n[nH]c2ccc(N)cc12. The van der Waals surface area contributed by atoms with Crippen LogP contribution in [0.3, 0.4) is 0 Å². The summed E-state index contributed by atoms with van der Waals surface area (Å²) in [6.45, 7) is 2.07. The van der Waals surface area contributed by atoms with Gasteiger partial charge in [0, 0.05) is 33.2 Å². The van der Waals surface area contributed by atoms with Crippen molar-refractivity contribution in [2.24, 2.45) is 0 Å². The number of anilines is 1. The molecule has 20 heavy (non-hydrogen) atoms. The Bertz CT molecular complexity index is 930. The van der Waals surface area contributed by atoms with E-state index in [4.69, 9.17) is 5.73 Å². The summed E-state index contributed by atoms with van der Waals surface area (Å²) >= 11 is 0. The number of para-hydroxylation sites is 1. The number of fused-ring (bicyclic) bond motifs is 2. The van der Waals surface area contributed by atoms with E-state index in [1.807, 2.05) is 30.3 Å². The number of benzene rings is 2. The Morgan fingerprint density at radius 3 is 2.75 bits per heavy atom. The van der Waals surface area contributed by atoms with E-state index in [1.165, 1.54) is 5.39 Å². The lowest BCUT2D eigenvalue weighted by molar-refractivity contribution is 1.12. The van der Waals surface area contributed by atoms with E-state index in [0.29, 0.717) is 0 Å². The molecule has 4 aromatic rings. The molecule has 0 spiro atoms. The third-order valence-corrected chi connectivity index (χ3v) is 3.72. The highest BCUT2D eigenvalue weighted by atomic mass is 15.1. The van der Waals surface area contributed by atoms with E-state index in [2.05, 4.69) is 34.2 Å². The number of aryl methyl sites for hydroxylation is 1. The first-order valence-corrected chi connectivity index (χ1v) is 6.55. The zero-order chi connectivity index (χ0) is 13.7. The van der Waals surface area contributed by atoms with Crippen LogP contribution in [-0.2, 0) is 0 Å². The fourth-order valence-corrected chi connectivity index (χ4v) is 2.80. The number of aromatic amines is 2. The summed E-state index contributed by atoms with van der Waals surface area (Å²) in [5.41, 5.74) is 12.0. The second-order valence-electron chi connectivity index (χ2n) is 5.05. The van der Waals surface area contributed by atoms with Crippen molar-refractivity contribution in [1.82, 2.24) is 15.2 Å². The minimum absolute atomic E-state index is 0.748. The molecular formula is C16H14N4. The van der Waals surface area contributed by atoms with E-state index in [0.717, 1.165) is 39.1 Å². The van der Waals surface area contributed by atoms with Crippen LogP contribution in [0.4, 0.5) is 5.69 Å². The van der Waals surface area contributed by atoms with Gasteiger partial charge in [-0.3, -0.25) is 5.10 Å². The molecule has 2 heterocycles. The maximum absolute atomic E-state index is 5.91. The number of nitrogens with zero attached hydrogens (tertiary/aromatic N) is 1. The smallest absolute Gasteiger partial charge is 0.102 e. The molecule has 0 saturated carbocycles. The molecule has 2 aromatic carbocycles. The topological polar surface area (TPSA) is 70.5 Å². The second-order valence-corrected chi connectivity index (χ2v) is 5.05. The number of rotatable bonds is 1. The van der Waals surface area contributed by atoms with Crippen molar-refractivity contribution in [1.29, 1.82) is 0 Å². The number of nitrogens with two attached hydrogens (primary N) is 1. The summed E-state index contributed by atoms with van der Waals surface area (Å²) in [6, 6.07) is 14.1. The first-order chi connectivity index (χ1) is 9.74. The molecule has 4 N–H and O–H groups in total. The predicted molar refractivity (Wildman–Crippen MR) is 82.5 cm³/mol. The van der Waals surface area contributed by atoms with Crippen molar-refractivity contribution >= 4 is 27.5 Å². The molecule has 98 valence electrons. The molecule has 0 aliphatic carbocycles. The molecule has 0 saturated heterocycles. The van der Waals surface area contributed by atoms with Crippen LogP contribution in [0, 0.1) is 6.92 Å². The minimum atomic E-state index is 0.748. The van der Waals surface area contributed by atoms with Gasteiger partial charge in [0.1, 0.15) is 5.69 Å². The Labute approximate surface area is 115 Å². The second kappa shape index (κ2) is 3.87. The van der Waals surface area contributed by atoms with Crippen molar-refractivity contribution in [3.05, 3.63) is 48.2 Å². The number of H-pyrrole nitrogens is 2. The monoisotopic (exact) mass is 262 g/mol. The van der Waals surface area contributed by atoms with Crippen LogP contribution in [0.5, 0.6) is 0 Å². The van der Waals surface area contributed by atoms with Crippen molar-refractivity contribution in [2.75, 3.05) is 5.73 Å². The minimum Gasteiger partial charge on any atom is -0.399 e. The lowest BCUT2D eigenvalue weighted by Gasteiger charge is -1.99. The highest BCUT2D eigenvalue weighted by Gasteiger charge is 2.15. The van der Waals surface area contributed by atoms with Crippen LogP contribution < -0.4 is 5.73 Å². The zero-order valence-electron chi connectivity index (χ0n) is 11.1. The van der Waals surface area contributed by atoms with Gasteiger partial charge in [-0.15, -0.1) is 0 Å². The predicted octanol–water partition coefficient (Wildman–Crippen LogP) is 3.60. The Kier molecular flexibility index (Phi) is 2.15. The van der Waals surface area contributed by atoms with Crippen molar-refractivity contribution in [3.8, 4) is 11.3 Å². The molecule has 0 aliphatic rings. The van der Waals surface area contributed by atoms with Crippen molar-refractivity contribution < 1.29 is 0 Å². The molecule has 0 aliphatic heterocycles. The van der Waals surface area contributed by atoms with Gasteiger partial charge in [-0.2, -0.15) is 5.10 Å². The summed E-state index contributed by atoms with van der Waals surface area (Å²) in [5.74, 6) is 0. The average molecular weight is 262 g/mol. The number of hydrogen-bond acceptors (Lipinski definition) is 2. The van der Waals surface area contributed by atoms with Crippen LogP contribution in [0.1, 0.15) is 5.69 Å². The van der Waals surface area contributed by atoms with Gasteiger partial charge in [-0.25, -0.2) is 0 Å². The summed E-state index contributed by atoms with van der Waals surface area (Å²) in [4.78, 5) is 3.41. The van der Waals surface area contributed by atoms with Crippen LogP contribution in [0.2, 0.25) is 0 Å². The van der Waals surface area contributed by atoms with E-state index >= 15 is 0 Å². The van der Waals surface area contributed by atoms with Gasteiger partial charge < -0.3 is 10.7 Å². The summed E-state index contributed by atoms with van der Waals surface area (Å²) in [5, 5.41) is 9.80. The molecule has 0 fully saturated rings. The van der Waals surface area contributed by atoms with Gasteiger partial charge >= 0.3 is 0 Å². The standard InChI is InChI=1S/C16H14N4/c1-9-15(11-4-2-3-5-13(11)18-9)16-12-8-10(17)6-7-14(12)19-20-16/h2-8,18H,17H2,1H3,(H,19,20). The fraction of sp³-hybridized carbons (Fsp3) is 0.0625. The maximum atomic E-state index is 5.91. The molecule has 4 nitrogen and oxygen atoms in total. The van der Waals surface area contributed by atoms with Gasteiger partial charge in [0.25, 0.3) is 0 Å². The highest BCUT2D eigenvalue weighted by Crippen LogP contribution is 2.35. The number of hydrogen-bond donors (Lipinski definition) is 3. The summed E-state index contributed by atoms with van der Waals surface area (Å²) in [6.07, 6.45) is 0. The molecule has 4 heteroatoms. The van der Waals surface area contributed by atoms with Crippen LogP contribution in [0.25, 0.3) is 33.1 Å². The quantitative estimate of drug-likeness (QED) is 0.459. The molecule has 0 atom stereocenters. The largest absolute Gasteiger partial charge is 0.399 e. The first kappa shape index (κ1) is 11.1. The molecule has 0 bridgehead atoms. The maximum Gasteiger partial charge on any atom is 0.102 e. The van der Waals surface area contributed by atoms with Gasteiger partial charge in [-0.1, -0.05) is 18.2 Å². The third kappa shape index (κ3) is 1.45. The molecular weight excluding hydrogens is 248 g/mol. The van der Waals surface area contributed by atoms with E-state index < -0.39 is 0 Å². The summed E-state index contributed by atoms with van der Waals surface area (Å²) < 4.78 is 0. The van der Waals surface area contributed by atoms with Gasteiger partial charge in [0.05, 0.1) is 5.52 Å². The summed E-state index contributed by atoms with van der Waals surface area (Å²) in [7, 11) is 0. The molecule has 2 aromatic heterocycles. The highest BCUT2D eigenvalue weighted by molar-refractivity contribution is 6.04. The Morgan fingerprint density at radius 1 is 1.00 bits per heavy atom. The number of nitrogens with one attached hydrogen (secondary N) is 2. The Balaban J connectivity index is 2.11. The van der Waals surface area contributed by atoms with Gasteiger partial charge in [-0.05, 0) is 31.2 Å². The zero-order valence-corrected chi connectivity index (χ0v) is 11.1. The van der Waals surface area contributed by atoms with Gasteiger partial charge in [0.15, 0.2) is 0 Å². The normalized spacial score (nSPS) is 11.4. The van der Waals surface area contributed by atoms with Crippen LogP contribution >= 0.6 is 0 Å². The number of aromatic nitrogens is 3. The van der Waals surface area contributed by atoms with E-state index in [-0.39, 0.29) is 0 Å². The molecule has 0 radical (unpaired) electrons. The number of nitrogen functional groups attached to an aromatic ring is 1. The van der Waals surface area contributed by atoms with E-state index in [1.54, 1.807) is 0 Å². The fourth-order valence-electron chi connectivity index (χ4n) is 2.80. The lowest BCUT2D eigenvalue weighted by atomic mass is 10.0. The van der Waals surface area contributed by atoms with Crippen molar-refractivity contribution in [3.63, 3.8) is 0 Å². The molecule has 4 rings (SSSR count). The average Bonchev–Trinajstić information content (AvgIpc) is 2.98. The Hall–Kier alpha value is -2.75. The van der Waals surface area contributed by atoms with Gasteiger partial charge in [0.2, 0.25) is 0 Å². The molecule has 0 amide bonds. The van der Waals surface area contributed by atoms with E-state index in [9.17, 15) is 0 Å². The Morgan fingerprint density at radius 2 is 1.85 bits per heavy atom. The van der Waals surface area contributed by atoms with Crippen LogP contribution in [0.15, 0.2) is 42.5 Å². The van der Waals surface area contributed by atoms with Crippen LogP contribution in [-0.4, -0.2) is 15.2 Å². The third-order valence-electron chi connectivity index (χ3n) is 3.72. The molecule has 0 unspecified atom stereocenters.